The average molecular weight is 339 g/mol. The molecule has 1 atom stereocenters. The molecule has 0 aliphatic rings. The molecule has 0 heterocycles. The maximum atomic E-state index is 13.4. The number of benzene rings is 2. The van der Waals surface area contributed by atoms with Crippen molar-refractivity contribution in [2.24, 2.45) is 0 Å². The topological polar surface area (TPSA) is 37.4 Å². The van der Waals surface area contributed by atoms with Crippen LogP contribution >= 0.6 is 0 Å². The highest BCUT2D eigenvalue weighted by atomic mass is 32.2. The third-order valence-corrected chi connectivity index (χ3v) is 6.05. The molecule has 0 spiro atoms. The van der Waals surface area contributed by atoms with Gasteiger partial charge in [-0.15, -0.1) is 0 Å². The lowest BCUT2D eigenvalue weighted by molar-refractivity contribution is 0.395. The zero-order valence-corrected chi connectivity index (χ0v) is 14.3. The van der Waals surface area contributed by atoms with Gasteiger partial charge in [-0.1, -0.05) is 12.1 Å². The summed E-state index contributed by atoms with van der Waals surface area (Å²) in [5.41, 5.74) is 2.26. The Bertz CT molecular complexity index is 834. The first kappa shape index (κ1) is 17.6. The van der Waals surface area contributed by atoms with E-state index in [1.807, 2.05) is 13.8 Å². The lowest BCUT2D eigenvalue weighted by Crippen LogP contribution is -2.30. The molecule has 2 aromatic carbocycles. The fourth-order valence-corrected chi connectivity index (χ4v) is 3.67. The summed E-state index contributed by atoms with van der Waals surface area (Å²) in [6.07, 6.45) is 0. The molecule has 124 valence electrons. The first-order valence-electron chi connectivity index (χ1n) is 7.15. The van der Waals surface area contributed by atoms with Crippen molar-refractivity contribution in [3.63, 3.8) is 0 Å². The predicted octanol–water partition coefficient (Wildman–Crippen LogP) is 3.96. The van der Waals surface area contributed by atoms with Crippen molar-refractivity contribution in [3.8, 4) is 0 Å². The van der Waals surface area contributed by atoms with E-state index in [-0.39, 0.29) is 4.90 Å². The minimum Gasteiger partial charge on any atom is -0.207 e. The summed E-state index contributed by atoms with van der Waals surface area (Å²) < 4.78 is 53.0. The van der Waals surface area contributed by atoms with Crippen molar-refractivity contribution < 1.29 is 17.2 Å². The van der Waals surface area contributed by atoms with E-state index in [4.69, 9.17) is 0 Å². The van der Waals surface area contributed by atoms with Crippen LogP contribution in [0.15, 0.2) is 41.3 Å². The number of rotatable bonds is 4. The molecule has 0 aliphatic carbocycles. The standard InChI is InChI=1S/C17H19F2NO2S/c1-11-5-7-15(9-12(11)2)23(21,22)20(4)13(3)14-6-8-16(18)17(19)10-14/h5-10,13H,1-4H3. The molecule has 0 bridgehead atoms. The lowest BCUT2D eigenvalue weighted by Gasteiger charge is -2.25. The van der Waals surface area contributed by atoms with Crippen LogP contribution in [-0.4, -0.2) is 19.8 Å². The van der Waals surface area contributed by atoms with Crippen LogP contribution in [0.4, 0.5) is 8.78 Å². The largest absolute Gasteiger partial charge is 0.243 e. The van der Waals surface area contributed by atoms with Crippen molar-refractivity contribution in [2.75, 3.05) is 7.05 Å². The minimum absolute atomic E-state index is 0.178. The molecule has 0 aliphatic heterocycles. The summed E-state index contributed by atoms with van der Waals surface area (Å²) in [5, 5.41) is 0. The highest BCUT2D eigenvalue weighted by Crippen LogP contribution is 2.27. The van der Waals surface area contributed by atoms with Crippen molar-refractivity contribution in [2.45, 2.75) is 31.7 Å². The van der Waals surface area contributed by atoms with Gasteiger partial charge in [-0.3, -0.25) is 0 Å². The molecule has 3 nitrogen and oxygen atoms in total. The SMILES string of the molecule is Cc1ccc(S(=O)(=O)N(C)C(C)c2ccc(F)c(F)c2)cc1C. The van der Waals surface area contributed by atoms with Gasteiger partial charge in [0.1, 0.15) is 0 Å². The van der Waals surface area contributed by atoms with Crippen molar-refractivity contribution in [1.82, 2.24) is 4.31 Å². The van der Waals surface area contributed by atoms with E-state index in [1.165, 1.54) is 13.1 Å². The fraction of sp³-hybridized carbons (Fsp3) is 0.294. The van der Waals surface area contributed by atoms with E-state index in [0.29, 0.717) is 5.56 Å². The first-order valence-corrected chi connectivity index (χ1v) is 8.59. The van der Waals surface area contributed by atoms with Crippen LogP contribution in [0.3, 0.4) is 0 Å². The van der Waals surface area contributed by atoms with E-state index in [9.17, 15) is 17.2 Å². The Balaban J connectivity index is 2.38. The second-order valence-corrected chi connectivity index (χ2v) is 7.61. The summed E-state index contributed by atoms with van der Waals surface area (Å²) >= 11 is 0. The minimum atomic E-state index is -3.73. The Hall–Kier alpha value is -1.79. The van der Waals surface area contributed by atoms with Gasteiger partial charge in [0.25, 0.3) is 0 Å². The highest BCUT2D eigenvalue weighted by Gasteiger charge is 2.27. The van der Waals surface area contributed by atoms with Crippen molar-refractivity contribution in [3.05, 3.63) is 64.7 Å². The molecule has 6 heteroatoms. The van der Waals surface area contributed by atoms with Gasteiger partial charge in [-0.05, 0) is 61.7 Å². The number of sulfonamides is 1. The molecule has 23 heavy (non-hydrogen) atoms. The number of aryl methyl sites for hydroxylation is 2. The Morgan fingerprint density at radius 2 is 1.61 bits per heavy atom. The summed E-state index contributed by atoms with van der Waals surface area (Å²) in [6.45, 7) is 5.37. The van der Waals surface area contributed by atoms with Crippen LogP contribution < -0.4 is 0 Å². The van der Waals surface area contributed by atoms with Gasteiger partial charge in [-0.25, -0.2) is 17.2 Å². The number of hydrogen-bond donors (Lipinski definition) is 0. The second kappa shape index (κ2) is 6.37. The van der Waals surface area contributed by atoms with E-state index >= 15 is 0 Å². The van der Waals surface area contributed by atoms with Crippen LogP contribution in [0.1, 0.15) is 29.7 Å². The molecule has 0 saturated heterocycles. The van der Waals surface area contributed by atoms with Gasteiger partial charge in [0.05, 0.1) is 4.90 Å². The van der Waals surface area contributed by atoms with Gasteiger partial charge in [0.2, 0.25) is 10.0 Å². The van der Waals surface area contributed by atoms with Crippen LogP contribution in [0.5, 0.6) is 0 Å². The molecule has 0 radical (unpaired) electrons. The number of halogens is 2. The second-order valence-electron chi connectivity index (χ2n) is 5.62. The highest BCUT2D eigenvalue weighted by molar-refractivity contribution is 7.89. The van der Waals surface area contributed by atoms with Gasteiger partial charge >= 0.3 is 0 Å². The number of hydrogen-bond acceptors (Lipinski definition) is 2. The molecule has 0 saturated carbocycles. The maximum Gasteiger partial charge on any atom is 0.243 e. The Kier molecular flexibility index (Phi) is 4.87. The Morgan fingerprint density at radius 3 is 2.17 bits per heavy atom. The monoisotopic (exact) mass is 339 g/mol. The van der Waals surface area contributed by atoms with Crippen molar-refractivity contribution in [1.29, 1.82) is 0 Å². The molecule has 1 unspecified atom stereocenters. The summed E-state index contributed by atoms with van der Waals surface area (Å²) in [6, 6.07) is 7.68. The molecule has 0 aromatic heterocycles. The fourth-order valence-electron chi connectivity index (χ4n) is 2.23. The molecule has 0 N–H and O–H groups in total. The van der Waals surface area contributed by atoms with Crippen LogP contribution in [-0.2, 0) is 10.0 Å². The third kappa shape index (κ3) is 3.43. The van der Waals surface area contributed by atoms with E-state index in [1.54, 1.807) is 25.1 Å². The summed E-state index contributed by atoms with van der Waals surface area (Å²) in [4.78, 5) is 0.178. The molecule has 0 fully saturated rings. The molecule has 2 aromatic rings. The number of nitrogens with zero attached hydrogens (tertiary/aromatic N) is 1. The van der Waals surface area contributed by atoms with Crippen LogP contribution in [0.2, 0.25) is 0 Å². The van der Waals surface area contributed by atoms with Gasteiger partial charge in [-0.2, -0.15) is 4.31 Å². The zero-order chi connectivity index (χ0) is 17.4. The van der Waals surface area contributed by atoms with Gasteiger partial charge in [0.15, 0.2) is 11.6 Å². The third-order valence-electron chi connectivity index (χ3n) is 4.13. The summed E-state index contributed by atoms with van der Waals surface area (Å²) in [7, 11) is -2.30. The molecule has 0 amide bonds. The lowest BCUT2D eigenvalue weighted by atomic mass is 10.1. The Labute approximate surface area is 135 Å². The quantitative estimate of drug-likeness (QED) is 0.845. The average Bonchev–Trinajstić information content (AvgIpc) is 2.51. The van der Waals surface area contributed by atoms with Crippen LogP contribution in [0.25, 0.3) is 0 Å². The maximum absolute atomic E-state index is 13.4. The molecular weight excluding hydrogens is 320 g/mol. The van der Waals surface area contributed by atoms with Gasteiger partial charge < -0.3 is 0 Å². The first-order chi connectivity index (χ1) is 10.6. The zero-order valence-electron chi connectivity index (χ0n) is 13.5. The van der Waals surface area contributed by atoms with E-state index in [0.717, 1.165) is 27.6 Å². The van der Waals surface area contributed by atoms with E-state index < -0.39 is 27.7 Å². The predicted molar refractivity (Wildman–Crippen MR) is 85.6 cm³/mol. The molecule has 2 rings (SSSR count). The Morgan fingerprint density at radius 1 is 0.957 bits per heavy atom. The normalized spacial score (nSPS) is 13.3. The van der Waals surface area contributed by atoms with E-state index in [2.05, 4.69) is 0 Å². The molecular formula is C17H19F2NO2S. The van der Waals surface area contributed by atoms with Gasteiger partial charge in [0, 0.05) is 13.1 Å². The summed E-state index contributed by atoms with van der Waals surface area (Å²) in [5.74, 6) is -1.95. The smallest absolute Gasteiger partial charge is 0.207 e. The van der Waals surface area contributed by atoms with Crippen LogP contribution in [0, 0.1) is 25.5 Å². The van der Waals surface area contributed by atoms with Crippen molar-refractivity contribution >= 4 is 10.0 Å².